The van der Waals surface area contributed by atoms with Crippen LogP contribution < -0.4 is 0 Å². The first-order valence-electron chi connectivity index (χ1n) is 6.58. The Balaban J connectivity index is 1.93. The van der Waals surface area contributed by atoms with E-state index in [0.29, 0.717) is 29.8 Å². The maximum absolute atomic E-state index is 11.7. The minimum Gasteiger partial charge on any atom is -0.465 e. The highest BCUT2D eigenvalue weighted by Gasteiger charge is 2.63. The Kier molecular flexibility index (Phi) is 2.01. The van der Waals surface area contributed by atoms with Gasteiger partial charge in [0, 0.05) is 5.92 Å². The molecule has 2 heteroatoms. The Labute approximate surface area is 97.7 Å². The quantitative estimate of drug-likeness (QED) is 0.589. The normalized spacial score (nSPS) is 50.6. The molecule has 16 heavy (non-hydrogen) atoms. The van der Waals surface area contributed by atoms with Gasteiger partial charge in [0.25, 0.3) is 0 Å². The first kappa shape index (κ1) is 10.6. The molecule has 0 aromatic carbocycles. The molecule has 90 valence electrons. The number of esters is 1. The van der Waals surface area contributed by atoms with E-state index in [9.17, 15) is 4.79 Å². The molecule has 0 radical (unpaired) electrons. The third-order valence-electron chi connectivity index (χ3n) is 5.41. The summed E-state index contributed by atoms with van der Waals surface area (Å²) in [6, 6.07) is 0. The molecule has 0 amide bonds. The maximum atomic E-state index is 11.7. The molecule has 6 atom stereocenters. The highest BCUT2D eigenvalue weighted by molar-refractivity contribution is 5.76. The first-order chi connectivity index (χ1) is 7.41. The summed E-state index contributed by atoms with van der Waals surface area (Å²) in [7, 11) is 0. The predicted octanol–water partition coefficient (Wildman–Crippen LogP) is 2.72. The zero-order valence-electron chi connectivity index (χ0n) is 10.7. The number of cyclic esters (lactones) is 1. The van der Waals surface area contributed by atoms with Gasteiger partial charge in [-0.3, -0.25) is 4.79 Å². The summed E-state index contributed by atoms with van der Waals surface area (Å²) >= 11 is 0. The van der Waals surface area contributed by atoms with E-state index in [-0.39, 0.29) is 11.9 Å². The number of carbonyl (C=O) groups is 1. The summed E-state index contributed by atoms with van der Waals surface area (Å²) in [5.74, 6) is 3.68. The summed E-state index contributed by atoms with van der Waals surface area (Å²) in [6.07, 6.45) is 1.27. The van der Waals surface area contributed by atoms with Crippen LogP contribution in [0.5, 0.6) is 0 Å². The monoisotopic (exact) mass is 222 g/mol. The lowest BCUT2D eigenvalue weighted by molar-refractivity contribution is -0.143. The van der Waals surface area contributed by atoms with Gasteiger partial charge in [-0.25, -0.2) is 0 Å². The van der Waals surface area contributed by atoms with E-state index in [4.69, 9.17) is 4.74 Å². The molecular formula is C14H22O2. The number of hydrogen-bond acceptors (Lipinski definition) is 2. The lowest BCUT2D eigenvalue weighted by atomic mass is 9.61. The van der Waals surface area contributed by atoms with E-state index in [0.717, 1.165) is 11.8 Å². The first-order valence-corrected chi connectivity index (χ1v) is 6.58. The fourth-order valence-electron chi connectivity index (χ4n) is 5.11. The molecule has 1 aliphatic heterocycles. The van der Waals surface area contributed by atoms with E-state index in [2.05, 4.69) is 27.7 Å². The second-order valence-corrected chi connectivity index (χ2v) is 7.13. The maximum Gasteiger partial charge on any atom is 0.309 e. The van der Waals surface area contributed by atoms with Crippen molar-refractivity contribution >= 4 is 5.97 Å². The number of fused-ring (bicyclic) bond motifs is 5. The van der Waals surface area contributed by atoms with Crippen LogP contribution in [-0.4, -0.2) is 12.6 Å². The van der Waals surface area contributed by atoms with Gasteiger partial charge in [-0.15, -0.1) is 0 Å². The van der Waals surface area contributed by atoms with Gasteiger partial charge in [0.1, 0.15) is 0 Å². The Morgan fingerprint density at radius 2 is 1.88 bits per heavy atom. The number of carbonyl (C=O) groups excluding carboxylic acids is 1. The van der Waals surface area contributed by atoms with Crippen LogP contribution in [0.4, 0.5) is 0 Å². The van der Waals surface area contributed by atoms with Crippen LogP contribution in [-0.2, 0) is 9.53 Å². The second kappa shape index (κ2) is 3.02. The summed E-state index contributed by atoms with van der Waals surface area (Å²) in [5, 5.41) is 0. The fraction of sp³-hybridized carbons (Fsp3) is 0.929. The second-order valence-electron chi connectivity index (χ2n) is 7.13. The van der Waals surface area contributed by atoms with Crippen molar-refractivity contribution in [2.45, 2.75) is 34.1 Å². The standard InChI is InChI=1S/C14H22O2/c1-7-8-5-9(12(7)14(2,3)4)10-6-16-13(15)11(8)10/h7-12H,5-6H2,1-4H3. The van der Waals surface area contributed by atoms with Crippen molar-refractivity contribution in [2.75, 3.05) is 6.61 Å². The van der Waals surface area contributed by atoms with E-state index >= 15 is 0 Å². The van der Waals surface area contributed by atoms with Crippen LogP contribution in [0.1, 0.15) is 34.1 Å². The number of rotatable bonds is 0. The molecule has 0 aromatic rings. The van der Waals surface area contributed by atoms with E-state index in [1.54, 1.807) is 0 Å². The van der Waals surface area contributed by atoms with Crippen molar-refractivity contribution in [3.05, 3.63) is 0 Å². The molecule has 2 nitrogen and oxygen atoms in total. The number of hydrogen-bond donors (Lipinski definition) is 0. The molecule has 0 aromatic heterocycles. The van der Waals surface area contributed by atoms with Crippen molar-refractivity contribution in [3.8, 4) is 0 Å². The molecule has 3 rings (SSSR count). The van der Waals surface area contributed by atoms with Crippen molar-refractivity contribution in [1.82, 2.24) is 0 Å². The minimum absolute atomic E-state index is 0.0942. The molecular weight excluding hydrogens is 200 g/mol. The van der Waals surface area contributed by atoms with Crippen LogP contribution in [0.3, 0.4) is 0 Å². The van der Waals surface area contributed by atoms with Crippen LogP contribution in [0.2, 0.25) is 0 Å². The van der Waals surface area contributed by atoms with Gasteiger partial charge in [0.2, 0.25) is 0 Å². The van der Waals surface area contributed by atoms with Gasteiger partial charge in [-0.1, -0.05) is 27.7 Å². The van der Waals surface area contributed by atoms with E-state index < -0.39 is 0 Å². The molecule has 2 saturated carbocycles. The van der Waals surface area contributed by atoms with Gasteiger partial charge in [0.15, 0.2) is 0 Å². The number of ether oxygens (including phenoxy) is 1. The van der Waals surface area contributed by atoms with Crippen molar-refractivity contribution < 1.29 is 9.53 Å². The Bertz CT molecular complexity index is 328. The molecule has 1 saturated heterocycles. The van der Waals surface area contributed by atoms with E-state index in [1.165, 1.54) is 6.42 Å². The van der Waals surface area contributed by atoms with Crippen molar-refractivity contribution in [2.24, 2.45) is 40.9 Å². The van der Waals surface area contributed by atoms with Gasteiger partial charge < -0.3 is 4.74 Å². The largest absolute Gasteiger partial charge is 0.465 e. The average Bonchev–Trinajstić information content (AvgIpc) is 2.75. The molecule has 3 fully saturated rings. The van der Waals surface area contributed by atoms with Crippen molar-refractivity contribution in [3.63, 3.8) is 0 Å². The fourth-order valence-corrected chi connectivity index (χ4v) is 5.11. The van der Waals surface area contributed by atoms with Crippen LogP contribution >= 0.6 is 0 Å². The highest BCUT2D eigenvalue weighted by Crippen LogP contribution is 2.64. The smallest absolute Gasteiger partial charge is 0.309 e. The van der Waals surface area contributed by atoms with E-state index in [1.807, 2.05) is 0 Å². The van der Waals surface area contributed by atoms with Gasteiger partial charge >= 0.3 is 5.97 Å². The topological polar surface area (TPSA) is 26.3 Å². The highest BCUT2D eigenvalue weighted by atomic mass is 16.5. The SMILES string of the molecule is CC1C2CC(C3COC(=O)C23)C1C(C)(C)C. The molecule has 6 unspecified atom stereocenters. The zero-order chi connectivity index (χ0) is 11.7. The van der Waals surface area contributed by atoms with Crippen LogP contribution in [0.25, 0.3) is 0 Å². The summed E-state index contributed by atoms with van der Waals surface area (Å²) in [5.41, 5.74) is 0.370. The molecule has 0 spiro atoms. The Hall–Kier alpha value is -0.530. The van der Waals surface area contributed by atoms with Crippen LogP contribution in [0, 0.1) is 40.9 Å². The zero-order valence-corrected chi connectivity index (χ0v) is 10.7. The predicted molar refractivity (Wildman–Crippen MR) is 61.6 cm³/mol. The lowest BCUT2D eigenvalue weighted by Crippen LogP contribution is -2.40. The average molecular weight is 222 g/mol. The lowest BCUT2D eigenvalue weighted by Gasteiger charge is -2.42. The van der Waals surface area contributed by atoms with Crippen molar-refractivity contribution in [1.29, 1.82) is 0 Å². The molecule has 2 bridgehead atoms. The van der Waals surface area contributed by atoms with Gasteiger partial charge in [-0.2, -0.15) is 0 Å². The molecule has 3 aliphatic rings. The van der Waals surface area contributed by atoms with Gasteiger partial charge in [0.05, 0.1) is 12.5 Å². The molecule has 0 N–H and O–H groups in total. The summed E-state index contributed by atoms with van der Waals surface area (Å²) in [6.45, 7) is 10.1. The third kappa shape index (κ3) is 1.16. The molecule has 1 heterocycles. The third-order valence-corrected chi connectivity index (χ3v) is 5.41. The molecule has 2 aliphatic carbocycles. The minimum atomic E-state index is 0.0942. The van der Waals surface area contributed by atoms with Crippen LogP contribution in [0.15, 0.2) is 0 Å². The summed E-state index contributed by atoms with van der Waals surface area (Å²) in [4.78, 5) is 11.7. The Morgan fingerprint density at radius 1 is 1.19 bits per heavy atom. The summed E-state index contributed by atoms with van der Waals surface area (Å²) < 4.78 is 5.27. The Morgan fingerprint density at radius 3 is 2.50 bits per heavy atom. The van der Waals surface area contributed by atoms with Gasteiger partial charge in [-0.05, 0) is 35.5 Å².